The Bertz CT molecular complexity index is 293. The largest absolute Gasteiger partial charge is 0.481 e. The Balaban J connectivity index is 3.67. The fourth-order valence-corrected chi connectivity index (χ4v) is 1.30. The molecule has 0 heterocycles. The fourth-order valence-electron chi connectivity index (χ4n) is 1.30. The van der Waals surface area contributed by atoms with Gasteiger partial charge in [-0.1, -0.05) is 0 Å². The molecule has 0 aliphatic rings. The molecule has 0 aliphatic carbocycles. The number of carbonyl (C=O) groups excluding carboxylic acids is 2. The van der Waals surface area contributed by atoms with Crippen LogP contribution in [0.4, 0.5) is 4.79 Å². The third kappa shape index (κ3) is 9.59. The number of aliphatic carboxylic acids is 1. The minimum Gasteiger partial charge on any atom is -0.481 e. The van der Waals surface area contributed by atoms with Gasteiger partial charge in [0, 0.05) is 20.0 Å². The van der Waals surface area contributed by atoms with E-state index in [0.29, 0.717) is 19.4 Å². The van der Waals surface area contributed by atoms with Crippen LogP contribution in [0.2, 0.25) is 0 Å². The van der Waals surface area contributed by atoms with Crippen LogP contribution in [0.3, 0.4) is 0 Å². The Morgan fingerprint density at radius 1 is 1.22 bits per heavy atom. The maximum Gasteiger partial charge on any atom is 0.321 e. The van der Waals surface area contributed by atoms with E-state index < -0.39 is 17.9 Å². The van der Waals surface area contributed by atoms with Crippen molar-refractivity contribution in [3.8, 4) is 0 Å². The number of hydrogen-bond acceptors (Lipinski definition) is 4. The maximum atomic E-state index is 11.3. The molecule has 0 aliphatic heterocycles. The van der Waals surface area contributed by atoms with E-state index in [-0.39, 0.29) is 18.9 Å². The van der Waals surface area contributed by atoms with Gasteiger partial charge in [0.25, 0.3) is 0 Å². The summed E-state index contributed by atoms with van der Waals surface area (Å²) in [4.78, 5) is 32.8. The highest BCUT2D eigenvalue weighted by Crippen LogP contribution is 1.99. The van der Waals surface area contributed by atoms with E-state index in [0.717, 1.165) is 0 Å². The van der Waals surface area contributed by atoms with Crippen LogP contribution in [0.1, 0.15) is 32.6 Å². The normalized spacial score (nSPS) is 11.7. The average molecular weight is 260 g/mol. The number of urea groups is 1. The first kappa shape index (κ1) is 16.4. The van der Waals surface area contributed by atoms with Gasteiger partial charge in [0.2, 0.25) is 5.91 Å². The molecule has 104 valence electrons. The van der Waals surface area contributed by atoms with Crippen LogP contribution >= 0.6 is 0 Å². The van der Waals surface area contributed by atoms with E-state index in [1.807, 2.05) is 0 Å². The molecular weight excluding hydrogens is 240 g/mol. The first-order valence-electron chi connectivity index (χ1n) is 5.76. The quantitative estimate of drug-likeness (QED) is 0.551. The first-order valence-corrected chi connectivity index (χ1v) is 5.76. The van der Waals surface area contributed by atoms with E-state index in [1.54, 1.807) is 6.92 Å². The van der Waals surface area contributed by atoms with Gasteiger partial charge >= 0.3 is 12.0 Å². The second-order valence-electron chi connectivity index (χ2n) is 3.98. The monoisotopic (exact) mass is 260 g/mol. The summed E-state index contributed by atoms with van der Waals surface area (Å²) in [6, 6.07) is -0.752. The van der Waals surface area contributed by atoms with Crippen LogP contribution in [-0.4, -0.2) is 42.8 Å². The summed E-state index contributed by atoms with van der Waals surface area (Å²) in [7, 11) is 1.52. The van der Waals surface area contributed by atoms with Gasteiger partial charge in [0.15, 0.2) is 0 Å². The zero-order valence-electron chi connectivity index (χ0n) is 10.7. The third-order valence-corrected chi connectivity index (χ3v) is 2.09. The molecule has 0 saturated heterocycles. The number of rotatable bonds is 8. The Morgan fingerprint density at radius 2 is 1.83 bits per heavy atom. The SMILES string of the molecule is COCC(C)NC(=O)NC(=O)CCCCC(=O)O. The van der Waals surface area contributed by atoms with Crippen molar-refractivity contribution in [3.05, 3.63) is 0 Å². The van der Waals surface area contributed by atoms with Gasteiger partial charge in [-0.15, -0.1) is 0 Å². The number of carboxylic acids is 1. The van der Waals surface area contributed by atoms with Crippen LogP contribution in [0.25, 0.3) is 0 Å². The molecule has 0 saturated carbocycles. The molecule has 7 heteroatoms. The molecule has 0 fully saturated rings. The average Bonchev–Trinajstić information content (AvgIpc) is 2.24. The zero-order chi connectivity index (χ0) is 14.0. The lowest BCUT2D eigenvalue weighted by Crippen LogP contribution is -2.44. The number of amides is 3. The van der Waals surface area contributed by atoms with Gasteiger partial charge in [-0.2, -0.15) is 0 Å². The molecule has 1 atom stereocenters. The second-order valence-corrected chi connectivity index (χ2v) is 3.98. The molecular formula is C11H20N2O5. The predicted molar refractivity (Wildman–Crippen MR) is 64.1 cm³/mol. The molecule has 0 spiro atoms. The summed E-state index contributed by atoms with van der Waals surface area (Å²) in [5, 5.41) is 13.1. The van der Waals surface area contributed by atoms with Gasteiger partial charge in [0.1, 0.15) is 0 Å². The predicted octanol–water partition coefficient (Wildman–Crippen LogP) is 0.492. The smallest absolute Gasteiger partial charge is 0.321 e. The third-order valence-electron chi connectivity index (χ3n) is 2.09. The summed E-state index contributed by atoms with van der Waals surface area (Å²) in [6.07, 6.45) is 1.03. The standard InChI is InChI=1S/C11H20N2O5/c1-8(7-18-2)12-11(17)13-9(14)5-3-4-6-10(15)16/h8H,3-7H2,1-2H3,(H,15,16)(H2,12,13,14,17). The van der Waals surface area contributed by atoms with Crippen LogP contribution in [0, 0.1) is 0 Å². The van der Waals surface area contributed by atoms with E-state index in [1.165, 1.54) is 7.11 Å². The molecule has 3 N–H and O–H groups in total. The van der Waals surface area contributed by atoms with Gasteiger partial charge in [-0.05, 0) is 19.8 Å². The number of methoxy groups -OCH3 is 1. The molecule has 0 aromatic carbocycles. The molecule has 0 rings (SSSR count). The number of hydrogen-bond donors (Lipinski definition) is 3. The van der Waals surface area contributed by atoms with Gasteiger partial charge in [-0.3, -0.25) is 14.9 Å². The summed E-state index contributed by atoms with van der Waals surface area (Å²) in [5.41, 5.74) is 0. The minimum absolute atomic E-state index is 0.0321. The molecule has 1 unspecified atom stereocenters. The Labute approximate surface area is 106 Å². The molecule has 3 amide bonds. The summed E-state index contributed by atoms with van der Waals surface area (Å²) >= 11 is 0. The van der Waals surface area contributed by atoms with E-state index in [9.17, 15) is 14.4 Å². The van der Waals surface area contributed by atoms with Crippen LogP contribution in [0.5, 0.6) is 0 Å². The highest BCUT2D eigenvalue weighted by atomic mass is 16.5. The maximum absolute atomic E-state index is 11.3. The molecule has 0 aromatic heterocycles. The van der Waals surface area contributed by atoms with E-state index >= 15 is 0 Å². The summed E-state index contributed by atoms with van der Waals surface area (Å²) in [5.74, 6) is -1.30. The molecule has 0 aromatic rings. The first-order chi connectivity index (χ1) is 8.45. The lowest BCUT2D eigenvalue weighted by Gasteiger charge is -2.12. The summed E-state index contributed by atoms with van der Waals surface area (Å²) in [6.45, 7) is 2.11. The Kier molecular flexibility index (Phi) is 8.55. The lowest BCUT2D eigenvalue weighted by molar-refractivity contribution is -0.137. The molecule has 0 bridgehead atoms. The Morgan fingerprint density at radius 3 is 2.39 bits per heavy atom. The highest BCUT2D eigenvalue weighted by molar-refractivity contribution is 5.94. The highest BCUT2D eigenvalue weighted by Gasteiger charge is 2.10. The van der Waals surface area contributed by atoms with Crippen molar-refractivity contribution in [2.24, 2.45) is 0 Å². The van der Waals surface area contributed by atoms with Gasteiger partial charge in [0.05, 0.1) is 12.6 Å². The van der Waals surface area contributed by atoms with E-state index in [2.05, 4.69) is 10.6 Å². The lowest BCUT2D eigenvalue weighted by atomic mass is 10.2. The van der Waals surface area contributed by atoms with Crippen molar-refractivity contribution in [1.29, 1.82) is 0 Å². The Hall–Kier alpha value is -1.63. The number of imide groups is 1. The van der Waals surface area contributed by atoms with Crippen molar-refractivity contribution < 1.29 is 24.2 Å². The summed E-state index contributed by atoms with van der Waals surface area (Å²) < 4.78 is 4.83. The number of carbonyl (C=O) groups is 3. The number of carboxylic acid groups (broad SMARTS) is 1. The van der Waals surface area contributed by atoms with Gasteiger partial charge in [-0.25, -0.2) is 4.79 Å². The number of nitrogens with one attached hydrogen (secondary N) is 2. The van der Waals surface area contributed by atoms with Crippen LogP contribution < -0.4 is 10.6 Å². The molecule has 7 nitrogen and oxygen atoms in total. The molecule has 18 heavy (non-hydrogen) atoms. The van der Waals surface area contributed by atoms with Gasteiger partial charge < -0.3 is 15.2 Å². The van der Waals surface area contributed by atoms with Crippen LogP contribution in [0.15, 0.2) is 0 Å². The van der Waals surface area contributed by atoms with Crippen molar-refractivity contribution in [3.63, 3.8) is 0 Å². The van der Waals surface area contributed by atoms with Crippen molar-refractivity contribution >= 4 is 17.9 Å². The number of unbranched alkanes of at least 4 members (excludes halogenated alkanes) is 1. The van der Waals surface area contributed by atoms with E-state index in [4.69, 9.17) is 9.84 Å². The minimum atomic E-state index is -0.887. The van der Waals surface area contributed by atoms with Crippen molar-refractivity contribution in [2.45, 2.75) is 38.6 Å². The molecule has 0 radical (unpaired) electrons. The second kappa shape index (κ2) is 9.41. The number of ether oxygens (including phenoxy) is 1. The van der Waals surface area contributed by atoms with Crippen molar-refractivity contribution in [1.82, 2.24) is 10.6 Å². The topological polar surface area (TPSA) is 105 Å². The zero-order valence-corrected chi connectivity index (χ0v) is 10.7. The van der Waals surface area contributed by atoms with Crippen molar-refractivity contribution in [2.75, 3.05) is 13.7 Å². The fraction of sp³-hybridized carbons (Fsp3) is 0.727. The van der Waals surface area contributed by atoms with Crippen LogP contribution in [-0.2, 0) is 14.3 Å².